The number of aromatic carboxylic acids is 1. The van der Waals surface area contributed by atoms with Crippen molar-refractivity contribution in [2.75, 3.05) is 13.1 Å². The van der Waals surface area contributed by atoms with Crippen molar-refractivity contribution in [3.63, 3.8) is 0 Å². The highest BCUT2D eigenvalue weighted by Gasteiger charge is 2.26. The van der Waals surface area contributed by atoms with E-state index < -0.39 is 5.97 Å². The summed E-state index contributed by atoms with van der Waals surface area (Å²) < 4.78 is 4.71. The van der Waals surface area contributed by atoms with Gasteiger partial charge in [-0.1, -0.05) is 16.8 Å². The monoisotopic (exact) mass is 230 g/mol. The van der Waals surface area contributed by atoms with E-state index in [1.807, 2.05) is 0 Å². The maximum absolute atomic E-state index is 10.7. The molecule has 0 unspecified atom stereocenters. The third-order valence-corrected chi connectivity index (χ3v) is 2.94. The van der Waals surface area contributed by atoms with Crippen LogP contribution < -0.4 is 5.32 Å². The van der Waals surface area contributed by atoms with Crippen LogP contribution >= 0.6 is 11.6 Å². The number of hydrogen-bond donors (Lipinski definition) is 2. The Labute approximate surface area is 91.4 Å². The molecule has 1 aliphatic rings. The third kappa shape index (κ3) is 1.98. The molecule has 2 heterocycles. The van der Waals surface area contributed by atoms with Gasteiger partial charge >= 0.3 is 5.97 Å². The Morgan fingerprint density at radius 1 is 1.53 bits per heavy atom. The van der Waals surface area contributed by atoms with Crippen LogP contribution in [0.25, 0.3) is 0 Å². The van der Waals surface area contributed by atoms with Crippen LogP contribution in [0.1, 0.15) is 35.0 Å². The molecule has 0 atom stereocenters. The number of carbonyl (C=O) groups is 1. The minimum absolute atomic E-state index is 0.148. The van der Waals surface area contributed by atoms with Gasteiger partial charge < -0.3 is 14.9 Å². The van der Waals surface area contributed by atoms with Crippen molar-refractivity contribution in [1.82, 2.24) is 10.5 Å². The quantitative estimate of drug-likeness (QED) is 0.805. The topological polar surface area (TPSA) is 75.4 Å². The normalized spacial score (nSPS) is 17.9. The lowest BCUT2D eigenvalue weighted by Crippen LogP contribution is -2.26. The van der Waals surface area contributed by atoms with Gasteiger partial charge in [0.05, 0.1) is 0 Å². The molecule has 6 heteroatoms. The minimum atomic E-state index is -1.17. The van der Waals surface area contributed by atoms with E-state index in [-0.39, 0.29) is 16.7 Å². The zero-order valence-corrected chi connectivity index (χ0v) is 8.75. The summed E-state index contributed by atoms with van der Waals surface area (Å²) in [6.07, 6.45) is 1.82. The van der Waals surface area contributed by atoms with E-state index in [9.17, 15) is 4.79 Å². The number of carboxylic acids is 1. The van der Waals surface area contributed by atoms with Crippen molar-refractivity contribution >= 4 is 17.6 Å². The van der Waals surface area contributed by atoms with Gasteiger partial charge in [-0.15, -0.1) is 0 Å². The van der Waals surface area contributed by atoms with Crippen LogP contribution in [0.15, 0.2) is 4.52 Å². The number of nitrogens with one attached hydrogen (secondary N) is 1. The van der Waals surface area contributed by atoms with Crippen molar-refractivity contribution in [3.8, 4) is 0 Å². The van der Waals surface area contributed by atoms with Crippen molar-refractivity contribution in [2.45, 2.75) is 18.8 Å². The molecule has 82 valence electrons. The highest BCUT2D eigenvalue weighted by atomic mass is 35.5. The molecule has 5 nitrogen and oxygen atoms in total. The predicted molar refractivity (Wildman–Crippen MR) is 53.3 cm³/mol. The summed E-state index contributed by atoms with van der Waals surface area (Å²) in [5.74, 6) is -1.23. The van der Waals surface area contributed by atoms with Gasteiger partial charge in [-0.05, 0) is 25.9 Å². The summed E-state index contributed by atoms with van der Waals surface area (Å²) in [6.45, 7) is 1.80. The van der Waals surface area contributed by atoms with Gasteiger partial charge in [-0.3, -0.25) is 0 Å². The smallest absolute Gasteiger partial charge is 0.376 e. The van der Waals surface area contributed by atoms with Crippen LogP contribution in [0.5, 0.6) is 0 Å². The molecule has 1 aliphatic heterocycles. The van der Waals surface area contributed by atoms with Gasteiger partial charge in [0.25, 0.3) is 5.76 Å². The molecular formula is C9H11ClN2O3. The first-order valence-electron chi connectivity index (χ1n) is 4.79. The van der Waals surface area contributed by atoms with E-state index in [0.29, 0.717) is 5.69 Å². The first-order valence-corrected chi connectivity index (χ1v) is 5.17. The molecule has 1 aromatic rings. The van der Waals surface area contributed by atoms with Crippen molar-refractivity contribution < 1.29 is 14.4 Å². The lowest BCUT2D eigenvalue weighted by Gasteiger charge is -2.20. The number of carboxylic acid groups (broad SMARTS) is 1. The van der Waals surface area contributed by atoms with E-state index in [4.69, 9.17) is 21.2 Å². The Balaban J connectivity index is 2.24. The molecule has 15 heavy (non-hydrogen) atoms. The molecule has 0 aromatic carbocycles. The second-order valence-electron chi connectivity index (χ2n) is 3.54. The zero-order valence-electron chi connectivity index (χ0n) is 7.99. The number of aromatic nitrogens is 1. The molecule has 1 saturated heterocycles. The van der Waals surface area contributed by atoms with Gasteiger partial charge in [0.1, 0.15) is 10.7 Å². The van der Waals surface area contributed by atoms with Gasteiger partial charge in [0, 0.05) is 5.92 Å². The Bertz CT molecular complexity index is 371. The zero-order chi connectivity index (χ0) is 10.8. The van der Waals surface area contributed by atoms with Crippen LogP contribution in [-0.2, 0) is 0 Å². The summed E-state index contributed by atoms with van der Waals surface area (Å²) in [6, 6.07) is 0. The average molecular weight is 231 g/mol. The van der Waals surface area contributed by atoms with E-state index in [1.165, 1.54) is 0 Å². The Morgan fingerprint density at radius 3 is 2.73 bits per heavy atom. The molecule has 2 rings (SSSR count). The SMILES string of the molecule is O=C(O)c1onc(C2CCNCC2)c1Cl. The van der Waals surface area contributed by atoms with E-state index in [1.54, 1.807) is 0 Å². The van der Waals surface area contributed by atoms with E-state index in [2.05, 4.69) is 10.5 Å². The number of halogens is 1. The molecule has 0 aliphatic carbocycles. The number of piperidine rings is 1. The maximum Gasteiger partial charge on any atom is 0.376 e. The van der Waals surface area contributed by atoms with Crippen LogP contribution in [0.2, 0.25) is 5.02 Å². The summed E-state index contributed by atoms with van der Waals surface area (Å²) >= 11 is 5.90. The lowest BCUT2D eigenvalue weighted by atomic mass is 9.94. The number of hydrogen-bond acceptors (Lipinski definition) is 4. The van der Waals surface area contributed by atoms with Gasteiger partial charge in [-0.2, -0.15) is 0 Å². The van der Waals surface area contributed by atoms with Gasteiger partial charge in [0.15, 0.2) is 0 Å². The standard InChI is InChI=1S/C9H11ClN2O3/c10-6-7(5-1-3-11-4-2-5)12-15-8(6)9(13)14/h5,11H,1-4H2,(H,13,14). The van der Waals surface area contributed by atoms with Crippen molar-refractivity contribution in [1.29, 1.82) is 0 Å². The molecule has 0 radical (unpaired) electrons. The molecular weight excluding hydrogens is 220 g/mol. The second kappa shape index (κ2) is 4.20. The molecule has 0 spiro atoms. The van der Waals surface area contributed by atoms with E-state index in [0.717, 1.165) is 25.9 Å². The molecule has 1 fully saturated rings. The average Bonchev–Trinajstić information content (AvgIpc) is 2.61. The predicted octanol–water partition coefficient (Wildman–Crippen LogP) is 1.49. The first kappa shape index (κ1) is 10.4. The van der Waals surface area contributed by atoms with Crippen LogP contribution in [0.4, 0.5) is 0 Å². The maximum atomic E-state index is 10.7. The molecule has 2 N–H and O–H groups in total. The first-order chi connectivity index (χ1) is 7.20. The fraction of sp³-hybridized carbons (Fsp3) is 0.556. The van der Waals surface area contributed by atoms with Crippen molar-refractivity contribution in [2.24, 2.45) is 0 Å². The van der Waals surface area contributed by atoms with Gasteiger partial charge in [0.2, 0.25) is 0 Å². The lowest BCUT2D eigenvalue weighted by molar-refractivity contribution is 0.0652. The fourth-order valence-corrected chi connectivity index (χ4v) is 2.08. The van der Waals surface area contributed by atoms with Crippen LogP contribution in [-0.4, -0.2) is 29.3 Å². The fourth-order valence-electron chi connectivity index (χ4n) is 1.77. The Hall–Kier alpha value is -1.07. The highest BCUT2D eigenvalue weighted by Crippen LogP contribution is 2.32. The minimum Gasteiger partial charge on any atom is -0.475 e. The highest BCUT2D eigenvalue weighted by molar-refractivity contribution is 6.33. The summed E-state index contributed by atoms with van der Waals surface area (Å²) in [5, 5.41) is 15.9. The van der Waals surface area contributed by atoms with E-state index >= 15 is 0 Å². The largest absolute Gasteiger partial charge is 0.475 e. The van der Waals surface area contributed by atoms with Crippen LogP contribution in [0.3, 0.4) is 0 Å². The summed E-state index contributed by atoms with van der Waals surface area (Å²) in [5.41, 5.74) is 0.579. The summed E-state index contributed by atoms with van der Waals surface area (Å²) in [4.78, 5) is 10.7. The van der Waals surface area contributed by atoms with Crippen molar-refractivity contribution in [3.05, 3.63) is 16.5 Å². The van der Waals surface area contributed by atoms with Crippen LogP contribution in [0, 0.1) is 0 Å². The van der Waals surface area contributed by atoms with Gasteiger partial charge in [-0.25, -0.2) is 4.79 Å². The summed E-state index contributed by atoms with van der Waals surface area (Å²) in [7, 11) is 0. The Morgan fingerprint density at radius 2 is 2.20 bits per heavy atom. The number of nitrogens with zero attached hydrogens (tertiary/aromatic N) is 1. The molecule has 0 bridgehead atoms. The molecule has 1 aromatic heterocycles. The Kier molecular flexibility index (Phi) is 2.93. The molecule has 0 amide bonds. The molecule has 0 saturated carbocycles. The third-order valence-electron chi connectivity index (χ3n) is 2.58. The number of rotatable bonds is 2. The second-order valence-corrected chi connectivity index (χ2v) is 3.92.